The zero-order valence-corrected chi connectivity index (χ0v) is 13.2. The molecule has 0 aliphatic rings. The molecule has 22 heavy (non-hydrogen) atoms. The molecule has 1 aromatic heterocycles. The van der Waals surface area contributed by atoms with Gasteiger partial charge in [-0.2, -0.15) is 0 Å². The molecule has 1 aromatic carbocycles. The van der Waals surface area contributed by atoms with Gasteiger partial charge in [0.2, 0.25) is 0 Å². The first-order valence-corrected chi connectivity index (χ1v) is 7.66. The quantitative estimate of drug-likeness (QED) is 0.791. The normalized spacial score (nSPS) is 12.0. The Morgan fingerprint density at radius 2 is 2.09 bits per heavy atom. The largest absolute Gasteiger partial charge is 0.386 e. The van der Waals surface area contributed by atoms with Gasteiger partial charge < -0.3 is 15.7 Å². The number of aryl methyl sites for hydroxylation is 2. The van der Waals surface area contributed by atoms with E-state index in [1.165, 1.54) is 23.5 Å². The van der Waals surface area contributed by atoms with Crippen molar-refractivity contribution in [1.29, 1.82) is 0 Å². The third-order valence-electron chi connectivity index (χ3n) is 3.13. The van der Waals surface area contributed by atoms with Gasteiger partial charge in [0.25, 0.3) is 0 Å². The standard InChI is InChI=1S/C15H18FN3O2S/c1-9-14(22-10(2)19-9)8-18-15(21)17-7-13(20)11-5-3-4-6-12(11)16/h3-6,13,20H,7-8H2,1-2H3,(H2,17,18,21). The average molecular weight is 323 g/mol. The Hall–Kier alpha value is -1.99. The second-order valence-electron chi connectivity index (χ2n) is 4.84. The summed E-state index contributed by atoms with van der Waals surface area (Å²) in [6.07, 6.45) is -1.08. The molecule has 0 fully saturated rings. The Labute approximate surface area is 132 Å². The third-order valence-corrected chi connectivity index (χ3v) is 4.20. The van der Waals surface area contributed by atoms with Crippen LogP contribution in [0.2, 0.25) is 0 Å². The molecule has 0 aliphatic carbocycles. The van der Waals surface area contributed by atoms with Crippen molar-refractivity contribution < 1.29 is 14.3 Å². The molecule has 7 heteroatoms. The van der Waals surface area contributed by atoms with Crippen molar-refractivity contribution in [2.75, 3.05) is 6.54 Å². The first-order valence-electron chi connectivity index (χ1n) is 6.84. The summed E-state index contributed by atoms with van der Waals surface area (Å²) in [7, 11) is 0. The van der Waals surface area contributed by atoms with Gasteiger partial charge in [0.05, 0.1) is 23.4 Å². The fourth-order valence-electron chi connectivity index (χ4n) is 2.01. The minimum atomic E-state index is -1.08. The molecule has 2 rings (SSSR count). The van der Waals surface area contributed by atoms with E-state index >= 15 is 0 Å². The van der Waals surface area contributed by atoms with Gasteiger partial charge in [-0.1, -0.05) is 18.2 Å². The molecule has 0 aliphatic heterocycles. The van der Waals surface area contributed by atoms with E-state index in [-0.39, 0.29) is 12.1 Å². The molecule has 5 nitrogen and oxygen atoms in total. The van der Waals surface area contributed by atoms with Crippen LogP contribution >= 0.6 is 11.3 Å². The smallest absolute Gasteiger partial charge is 0.315 e. The first-order chi connectivity index (χ1) is 10.5. The van der Waals surface area contributed by atoms with Gasteiger partial charge in [-0.15, -0.1) is 11.3 Å². The summed E-state index contributed by atoms with van der Waals surface area (Å²) >= 11 is 1.53. The van der Waals surface area contributed by atoms with E-state index in [2.05, 4.69) is 15.6 Å². The van der Waals surface area contributed by atoms with Gasteiger partial charge in [-0.3, -0.25) is 0 Å². The van der Waals surface area contributed by atoms with E-state index in [1.54, 1.807) is 12.1 Å². The Bertz CT molecular complexity index is 660. The van der Waals surface area contributed by atoms with Crippen molar-refractivity contribution in [3.63, 3.8) is 0 Å². The zero-order chi connectivity index (χ0) is 16.1. The maximum absolute atomic E-state index is 13.5. The zero-order valence-electron chi connectivity index (χ0n) is 12.4. The number of urea groups is 1. The summed E-state index contributed by atoms with van der Waals surface area (Å²) in [5.74, 6) is -0.493. The molecule has 0 saturated heterocycles. The third kappa shape index (κ3) is 4.25. The minimum absolute atomic E-state index is 0.0620. The Balaban J connectivity index is 1.80. The number of nitrogens with zero attached hydrogens (tertiary/aromatic N) is 1. The number of aromatic nitrogens is 1. The van der Waals surface area contributed by atoms with E-state index in [4.69, 9.17) is 0 Å². The van der Waals surface area contributed by atoms with E-state index in [0.717, 1.165) is 15.6 Å². The molecule has 2 aromatic rings. The number of carbonyl (C=O) groups excluding carboxylic acids is 1. The molecule has 3 N–H and O–H groups in total. The second kappa shape index (κ2) is 7.33. The maximum atomic E-state index is 13.5. The highest BCUT2D eigenvalue weighted by atomic mass is 32.1. The summed E-state index contributed by atoms with van der Waals surface area (Å²) in [4.78, 5) is 17.0. The molecule has 1 unspecified atom stereocenters. The lowest BCUT2D eigenvalue weighted by atomic mass is 10.1. The van der Waals surface area contributed by atoms with Crippen molar-refractivity contribution in [2.24, 2.45) is 0 Å². The van der Waals surface area contributed by atoms with E-state index in [1.807, 2.05) is 13.8 Å². The predicted molar refractivity (Wildman–Crippen MR) is 83.2 cm³/mol. The Morgan fingerprint density at radius 1 is 1.36 bits per heavy atom. The monoisotopic (exact) mass is 323 g/mol. The van der Waals surface area contributed by atoms with Crippen LogP contribution in [0.4, 0.5) is 9.18 Å². The van der Waals surface area contributed by atoms with E-state index in [9.17, 15) is 14.3 Å². The van der Waals surface area contributed by atoms with Crippen LogP contribution in [-0.2, 0) is 6.54 Å². The summed E-state index contributed by atoms with van der Waals surface area (Å²) in [5, 5.41) is 16.1. The molecule has 0 bridgehead atoms. The second-order valence-corrected chi connectivity index (χ2v) is 6.13. The van der Waals surface area contributed by atoms with Crippen LogP contribution in [0, 0.1) is 19.7 Å². The minimum Gasteiger partial charge on any atom is -0.386 e. The van der Waals surface area contributed by atoms with Crippen LogP contribution < -0.4 is 10.6 Å². The number of rotatable bonds is 5. The fraction of sp³-hybridized carbons (Fsp3) is 0.333. The van der Waals surface area contributed by atoms with Crippen LogP contribution in [0.25, 0.3) is 0 Å². The van der Waals surface area contributed by atoms with Crippen molar-refractivity contribution in [3.05, 3.63) is 51.2 Å². The van der Waals surface area contributed by atoms with E-state index < -0.39 is 18.0 Å². The number of aliphatic hydroxyl groups excluding tert-OH is 1. The molecule has 2 amide bonds. The highest BCUT2D eigenvalue weighted by Crippen LogP contribution is 2.17. The average Bonchev–Trinajstić information content (AvgIpc) is 2.81. The topological polar surface area (TPSA) is 74.2 Å². The molecule has 0 spiro atoms. The summed E-state index contributed by atoms with van der Waals surface area (Å²) < 4.78 is 13.5. The van der Waals surface area contributed by atoms with Gasteiger partial charge in [0.1, 0.15) is 5.82 Å². The van der Waals surface area contributed by atoms with Gasteiger partial charge in [-0.05, 0) is 19.9 Å². The summed E-state index contributed by atoms with van der Waals surface area (Å²) in [5.41, 5.74) is 1.06. The molecular formula is C15H18FN3O2S. The number of benzene rings is 1. The molecule has 1 atom stereocenters. The fourth-order valence-corrected chi connectivity index (χ4v) is 2.88. The SMILES string of the molecule is Cc1nc(C)c(CNC(=O)NCC(O)c2ccccc2F)s1. The molecular weight excluding hydrogens is 305 g/mol. The van der Waals surface area contributed by atoms with E-state index in [0.29, 0.717) is 6.54 Å². The molecule has 0 saturated carbocycles. The number of hydrogen-bond acceptors (Lipinski definition) is 4. The number of carbonyl (C=O) groups is 1. The Morgan fingerprint density at radius 3 is 2.73 bits per heavy atom. The van der Waals surface area contributed by atoms with Crippen LogP contribution in [0.15, 0.2) is 24.3 Å². The molecule has 0 radical (unpaired) electrons. The van der Waals surface area contributed by atoms with Gasteiger partial charge >= 0.3 is 6.03 Å². The maximum Gasteiger partial charge on any atom is 0.315 e. The highest BCUT2D eigenvalue weighted by molar-refractivity contribution is 7.11. The van der Waals surface area contributed by atoms with Crippen LogP contribution in [-0.4, -0.2) is 22.7 Å². The summed E-state index contributed by atoms with van der Waals surface area (Å²) in [6, 6.07) is 5.53. The van der Waals surface area contributed by atoms with Gasteiger partial charge in [0.15, 0.2) is 0 Å². The number of hydrogen-bond donors (Lipinski definition) is 3. The van der Waals surface area contributed by atoms with Crippen LogP contribution in [0.5, 0.6) is 0 Å². The first kappa shape index (κ1) is 16.4. The summed E-state index contributed by atoms with van der Waals surface area (Å²) in [6.45, 7) is 4.11. The number of amides is 2. The molecule has 118 valence electrons. The van der Waals surface area contributed by atoms with Gasteiger partial charge in [-0.25, -0.2) is 14.2 Å². The lowest BCUT2D eigenvalue weighted by molar-refractivity contribution is 0.169. The van der Waals surface area contributed by atoms with Crippen LogP contribution in [0.1, 0.15) is 27.2 Å². The van der Waals surface area contributed by atoms with Crippen molar-refractivity contribution in [3.8, 4) is 0 Å². The highest BCUT2D eigenvalue weighted by Gasteiger charge is 2.13. The van der Waals surface area contributed by atoms with Crippen LogP contribution in [0.3, 0.4) is 0 Å². The predicted octanol–water partition coefficient (Wildman–Crippen LogP) is 2.43. The number of halogens is 1. The van der Waals surface area contributed by atoms with Gasteiger partial charge in [0, 0.05) is 17.0 Å². The lowest BCUT2D eigenvalue weighted by Gasteiger charge is -2.13. The lowest BCUT2D eigenvalue weighted by Crippen LogP contribution is -2.37. The molecule has 1 heterocycles. The number of nitrogens with one attached hydrogen (secondary N) is 2. The Kier molecular flexibility index (Phi) is 5.46. The van der Waals surface area contributed by atoms with Crippen molar-refractivity contribution >= 4 is 17.4 Å². The number of aliphatic hydroxyl groups is 1. The van der Waals surface area contributed by atoms with Crippen molar-refractivity contribution in [2.45, 2.75) is 26.5 Å². The number of thiazole rings is 1. The van der Waals surface area contributed by atoms with Crippen molar-refractivity contribution in [1.82, 2.24) is 15.6 Å².